The van der Waals surface area contributed by atoms with Crippen LogP contribution in [0.3, 0.4) is 0 Å². The molecule has 2 aromatic heterocycles. The van der Waals surface area contributed by atoms with Crippen molar-refractivity contribution in [2.24, 2.45) is 0 Å². The number of nitrogens with zero attached hydrogens (tertiary/aromatic N) is 4. The second-order valence-electron chi connectivity index (χ2n) is 8.24. The highest BCUT2D eigenvalue weighted by atomic mass is 19.4. The highest BCUT2D eigenvalue weighted by molar-refractivity contribution is 5.76. The van der Waals surface area contributed by atoms with E-state index in [1.165, 1.54) is 18.2 Å². The molecule has 0 aliphatic carbocycles. The van der Waals surface area contributed by atoms with Crippen molar-refractivity contribution in [2.75, 3.05) is 18.0 Å². The van der Waals surface area contributed by atoms with Crippen molar-refractivity contribution < 1.29 is 27.1 Å². The van der Waals surface area contributed by atoms with E-state index in [2.05, 4.69) is 15.0 Å². The standard InChI is InChI=1S/C23H18F4N4O2/c24-17-7-14(13-32)1-2-16(17)18-8-15-9-22(33-19(15)10-28-18)3-5-31(6-4-22)21-12-29-20(11-30-21)23(25,26)27/h1-2,7-8,10-13H,3-6,9H2. The number of carbonyl (C=O) groups excluding carboxylic acids is 1. The van der Waals surface area contributed by atoms with Crippen LogP contribution in [0.4, 0.5) is 23.4 Å². The third kappa shape index (κ3) is 4.01. The number of pyridine rings is 1. The molecule has 1 aromatic carbocycles. The molecule has 4 heterocycles. The normalized spacial score (nSPS) is 17.0. The maximum Gasteiger partial charge on any atom is 0.434 e. The van der Waals surface area contributed by atoms with Crippen molar-refractivity contribution in [1.82, 2.24) is 15.0 Å². The summed E-state index contributed by atoms with van der Waals surface area (Å²) < 4.78 is 58.8. The number of piperidine rings is 1. The van der Waals surface area contributed by atoms with Gasteiger partial charge in [-0.25, -0.2) is 14.4 Å². The summed E-state index contributed by atoms with van der Waals surface area (Å²) in [6, 6.07) is 6.05. The van der Waals surface area contributed by atoms with E-state index in [-0.39, 0.29) is 5.56 Å². The number of halogens is 4. The molecule has 2 aliphatic rings. The minimum atomic E-state index is -4.52. The van der Waals surface area contributed by atoms with Crippen LogP contribution in [0, 0.1) is 5.82 Å². The first-order chi connectivity index (χ1) is 15.8. The minimum Gasteiger partial charge on any atom is -0.485 e. The first kappa shape index (κ1) is 21.3. The molecule has 1 spiro atoms. The molecule has 0 N–H and O–H groups in total. The molecular formula is C23H18F4N4O2. The van der Waals surface area contributed by atoms with E-state index in [1.54, 1.807) is 12.3 Å². The summed E-state index contributed by atoms with van der Waals surface area (Å²) in [4.78, 5) is 24.5. The molecule has 0 amide bonds. The van der Waals surface area contributed by atoms with Gasteiger partial charge in [-0.15, -0.1) is 0 Å². The van der Waals surface area contributed by atoms with Gasteiger partial charge in [-0.05, 0) is 18.2 Å². The molecule has 33 heavy (non-hydrogen) atoms. The zero-order valence-corrected chi connectivity index (χ0v) is 17.3. The minimum absolute atomic E-state index is 0.254. The maximum absolute atomic E-state index is 14.4. The Balaban J connectivity index is 1.29. The molecule has 0 radical (unpaired) electrons. The van der Waals surface area contributed by atoms with Crippen LogP contribution in [0.25, 0.3) is 11.3 Å². The summed E-state index contributed by atoms with van der Waals surface area (Å²) >= 11 is 0. The van der Waals surface area contributed by atoms with E-state index in [9.17, 15) is 22.4 Å². The third-order valence-electron chi connectivity index (χ3n) is 6.12. The average Bonchev–Trinajstić information content (AvgIpc) is 3.15. The lowest BCUT2D eigenvalue weighted by atomic mass is 9.87. The fourth-order valence-corrected chi connectivity index (χ4v) is 4.34. The molecule has 3 aromatic rings. The van der Waals surface area contributed by atoms with Crippen LogP contribution >= 0.6 is 0 Å². The fourth-order valence-electron chi connectivity index (χ4n) is 4.34. The molecule has 0 saturated carbocycles. The molecule has 10 heteroatoms. The average molecular weight is 458 g/mol. The lowest BCUT2D eigenvalue weighted by molar-refractivity contribution is -0.141. The first-order valence-electron chi connectivity index (χ1n) is 10.3. The van der Waals surface area contributed by atoms with Gasteiger partial charge in [0.1, 0.15) is 29.3 Å². The summed E-state index contributed by atoms with van der Waals surface area (Å²) in [5.74, 6) is 0.518. The topological polar surface area (TPSA) is 68.2 Å². The van der Waals surface area contributed by atoms with Gasteiger partial charge in [-0.2, -0.15) is 13.2 Å². The largest absolute Gasteiger partial charge is 0.485 e. The summed E-state index contributed by atoms with van der Waals surface area (Å²) in [5, 5.41) is 0. The van der Waals surface area contributed by atoms with Crippen molar-refractivity contribution in [2.45, 2.75) is 31.0 Å². The van der Waals surface area contributed by atoms with Gasteiger partial charge in [0.05, 0.1) is 24.3 Å². The zero-order chi connectivity index (χ0) is 23.2. The summed E-state index contributed by atoms with van der Waals surface area (Å²) in [7, 11) is 0. The molecule has 1 fully saturated rings. The quantitative estimate of drug-likeness (QED) is 0.426. The Morgan fingerprint density at radius 1 is 1.03 bits per heavy atom. The summed E-state index contributed by atoms with van der Waals surface area (Å²) in [5.41, 5.74) is 0.473. The maximum atomic E-state index is 14.4. The van der Waals surface area contributed by atoms with Crippen LogP contribution in [0.5, 0.6) is 5.75 Å². The SMILES string of the molecule is O=Cc1ccc(-c2cc3c(cn2)OC2(CCN(c4cnc(C(F)(F)F)cn4)CC2)C3)c(F)c1. The van der Waals surface area contributed by atoms with Gasteiger partial charge in [0, 0.05) is 49.0 Å². The number of anilines is 1. The molecule has 5 rings (SSSR count). The van der Waals surface area contributed by atoms with Crippen molar-refractivity contribution >= 4 is 12.1 Å². The van der Waals surface area contributed by atoms with Gasteiger partial charge < -0.3 is 9.64 Å². The van der Waals surface area contributed by atoms with E-state index in [4.69, 9.17) is 4.74 Å². The highest BCUT2D eigenvalue weighted by Gasteiger charge is 2.43. The Hall–Kier alpha value is -3.56. The zero-order valence-electron chi connectivity index (χ0n) is 17.3. The number of hydrogen-bond acceptors (Lipinski definition) is 6. The number of aldehydes is 1. The number of rotatable bonds is 3. The van der Waals surface area contributed by atoms with E-state index in [0.717, 1.165) is 18.0 Å². The Morgan fingerprint density at radius 2 is 1.82 bits per heavy atom. The molecule has 2 aliphatic heterocycles. The predicted octanol–water partition coefficient (Wildman–Crippen LogP) is 4.48. The lowest BCUT2D eigenvalue weighted by Crippen LogP contribution is -2.47. The predicted molar refractivity (Wildman–Crippen MR) is 111 cm³/mol. The van der Waals surface area contributed by atoms with Crippen molar-refractivity contribution in [1.29, 1.82) is 0 Å². The number of fused-ring (bicyclic) bond motifs is 1. The summed E-state index contributed by atoms with van der Waals surface area (Å²) in [6.07, 6.45) is 1.45. The van der Waals surface area contributed by atoms with E-state index in [0.29, 0.717) is 61.5 Å². The molecule has 6 nitrogen and oxygen atoms in total. The lowest BCUT2D eigenvalue weighted by Gasteiger charge is -2.39. The number of carbonyl (C=O) groups is 1. The van der Waals surface area contributed by atoms with Crippen molar-refractivity contribution in [3.05, 3.63) is 65.5 Å². The fraction of sp³-hybridized carbons (Fsp3) is 0.304. The smallest absolute Gasteiger partial charge is 0.434 e. The highest BCUT2D eigenvalue weighted by Crippen LogP contribution is 2.42. The number of alkyl halides is 3. The van der Waals surface area contributed by atoms with Gasteiger partial charge in [0.2, 0.25) is 0 Å². The Morgan fingerprint density at radius 3 is 2.45 bits per heavy atom. The van der Waals surface area contributed by atoms with Crippen LogP contribution in [0.15, 0.2) is 42.9 Å². The van der Waals surface area contributed by atoms with Gasteiger partial charge in [-0.3, -0.25) is 9.78 Å². The summed E-state index contributed by atoms with van der Waals surface area (Å²) in [6.45, 7) is 1.10. The Labute approximate surface area is 186 Å². The van der Waals surface area contributed by atoms with Crippen LogP contribution in [0.1, 0.15) is 34.5 Å². The number of aromatic nitrogens is 3. The van der Waals surface area contributed by atoms with Gasteiger partial charge >= 0.3 is 6.18 Å². The van der Waals surface area contributed by atoms with E-state index >= 15 is 0 Å². The van der Waals surface area contributed by atoms with Crippen LogP contribution in [0.2, 0.25) is 0 Å². The number of ether oxygens (including phenoxy) is 1. The molecule has 1 saturated heterocycles. The molecule has 0 unspecified atom stereocenters. The third-order valence-corrected chi connectivity index (χ3v) is 6.12. The molecule has 0 bridgehead atoms. The Kier molecular flexibility index (Phi) is 5.02. The van der Waals surface area contributed by atoms with Crippen LogP contribution < -0.4 is 9.64 Å². The number of hydrogen-bond donors (Lipinski definition) is 0. The Bertz CT molecular complexity index is 1210. The second-order valence-corrected chi connectivity index (χ2v) is 8.24. The van der Waals surface area contributed by atoms with Gasteiger partial charge in [0.25, 0.3) is 0 Å². The molecule has 170 valence electrons. The van der Waals surface area contributed by atoms with Gasteiger partial charge in [-0.1, -0.05) is 6.07 Å². The van der Waals surface area contributed by atoms with Gasteiger partial charge in [0.15, 0.2) is 5.69 Å². The molecule has 0 atom stereocenters. The first-order valence-corrected chi connectivity index (χ1v) is 10.3. The molecular weight excluding hydrogens is 440 g/mol. The van der Waals surface area contributed by atoms with Crippen molar-refractivity contribution in [3.63, 3.8) is 0 Å². The van der Waals surface area contributed by atoms with Crippen LogP contribution in [-0.2, 0) is 12.6 Å². The number of benzene rings is 1. The van der Waals surface area contributed by atoms with E-state index in [1.807, 2.05) is 4.90 Å². The van der Waals surface area contributed by atoms with Crippen LogP contribution in [-0.4, -0.2) is 39.9 Å². The monoisotopic (exact) mass is 458 g/mol. The van der Waals surface area contributed by atoms with E-state index < -0.39 is 23.3 Å². The van der Waals surface area contributed by atoms with Crippen molar-refractivity contribution in [3.8, 4) is 17.0 Å². The second kappa shape index (κ2) is 7.79.